The fourth-order valence-corrected chi connectivity index (χ4v) is 1.94. The van der Waals surface area contributed by atoms with E-state index in [2.05, 4.69) is 5.32 Å². The molecule has 0 saturated heterocycles. The molecule has 0 bridgehead atoms. The van der Waals surface area contributed by atoms with E-state index < -0.39 is 11.6 Å². The second-order valence-corrected chi connectivity index (χ2v) is 4.75. The van der Waals surface area contributed by atoms with Gasteiger partial charge >= 0.3 is 0 Å². The molecular formula is C15H11ClF2N2. The van der Waals surface area contributed by atoms with Gasteiger partial charge in [-0.05, 0) is 36.8 Å². The maximum Gasteiger partial charge on any atom is 0.183 e. The minimum Gasteiger partial charge on any atom is -0.376 e. The number of hydrogen-bond acceptors (Lipinski definition) is 2. The van der Waals surface area contributed by atoms with Crippen LogP contribution >= 0.6 is 11.6 Å². The number of benzene rings is 2. The van der Waals surface area contributed by atoms with Crippen molar-refractivity contribution in [1.82, 2.24) is 0 Å². The maximum atomic E-state index is 13.8. The number of nitrogens with zero attached hydrogens (tertiary/aromatic N) is 1. The van der Waals surface area contributed by atoms with Gasteiger partial charge in [0, 0.05) is 11.1 Å². The molecule has 0 heterocycles. The van der Waals surface area contributed by atoms with Crippen LogP contribution in [0.25, 0.3) is 0 Å². The number of nitriles is 1. The van der Waals surface area contributed by atoms with Crippen molar-refractivity contribution >= 4 is 17.3 Å². The molecule has 0 fully saturated rings. The van der Waals surface area contributed by atoms with Gasteiger partial charge in [0.2, 0.25) is 0 Å². The average molecular weight is 293 g/mol. The molecule has 0 spiro atoms. The van der Waals surface area contributed by atoms with Gasteiger partial charge in [-0.1, -0.05) is 23.7 Å². The second kappa shape index (κ2) is 5.89. The Morgan fingerprint density at radius 2 is 1.75 bits per heavy atom. The molecule has 1 atom stereocenters. The highest BCUT2D eigenvalue weighted by molar-refractivity contribution is 6.30. The van der Waals surface area contributed by atoms with Crippen LogP contribution in [-0.2, 0) is 0 Å². The predicted octanol–water partition coefficient (Wildman–Crippen LogP) is 4.66. The van der Waals surface area contributed by atoms with Gasteiger partial charge in [-0.2, -0.15) is 5.26 Å². The van der Waals surface area contributed by atoms with Crippen LogP contribution in [0.5, 0.6) is 0 Å². The lowest BCUT2D eigenvalue weighted by atomic mass is 10.1. The lowest BCUT2D eigenvalue weighted by molar-refractivity contribution is 0.507. The van der Waals surface area contributed by atoms with E-state index in [0.717, 1.165) is 5.56 Å². The third-order valence-electron chi connectivity index (χ3n) is 2.94. The van der Waals surface area contributed by atoms with E-state index in [4.69, 9.17) is 16.9 Å². The molecule has 2 aromatic carbocycles. The van der Waals surface area contributed by atoms with Crippen LogP contribution in [0.1, 0.15) is 24.1 Å². The summed E-state index contributed by atoms with van der Waals surface area (Å²) in [6.45, 7) is 1.82. The number of hydrogen-bond donors (Lipinski definition) is 1. The first-order valence-corrected chi connectivity index (χ1v) is 6.31. The van der Waals surface area contributed by atoms with E-state index in [-0.39, 0.29) is 17.3 Å². The maximum absolute atomic E-state index is 13.8. The van der Waals surface area contributed by atoms with Crippen molar-refractivity contribution < 1.29 is 8.78 Å². The largest absolute Gasteiger partial charge is 0.376 e. The summed E-state index contributed by atoms with van der Waals surface area (Å²) in [5.41, 5.74) is 0.592. The molecule has 0 aliphatic rings. The molecular weight excluding hydrogens is 282 g/mol. The van der Waals surface area contributed by atoms with Gasteiger partial charge in [0.25, 0.3) is 0 Å². The van der Waals surface area contributed by atoms with Crippen LogP contribution in [0.15, 0.2) is 36.4 Å². The molecule has 2 nitrogen and oxygen atoms in total. The van der Waals surface area contributed by atoms with Crippen LogP contribution in [0.4, 0.5) is 14.5 Å². The molecule has 102 valence electrons. The van der Waals surface area contributed by atoms with Crippen LogP contribution in [0, 0.1) is 23.0 Å². The van der Waals surface area contributed by atoms with Crippen LogP contribution in [0.2, 0.25) is 5.02 Å². The summed E-state index contributed by atoms with van der Waals surface area (Å²) in [5.74, 6) is -2.19. The third-order valence-corrected chi connectivity index (χ3v) is 3.20. The minimum absolute atomic E-state index is 0.0175. The summed E-state index contributed by atoms with van der Waals surface area (Å²) in [6, 6.07) is 11.0. The Morgan fingerprint density at radius 3 is 2.35 bits per heavy atom. The molecule has 2 aromatic rings. The minimum atomic E-state index is -1.14. The van der Waals surface area contributed by atoms with Gasteiger partial charge < -0.3 is 5.32 Å². The van der Waals surface area contributed by atoms with E-state index in [9.17, 15) is 8.78 Å². The monoisotopic (exact) mass is 292 g/mol. The lowest BCUT2D eigenvalue weighted by Crippen LogP contribution is -2.09. The SMILES string of the molecule is CC(Nc1ccc(C#N)c(F)c1F)c1ccc(Cl)cc1. The molecule has 1 unspecified atom stereocenters. The summed E-state index contributed by atoms with van der Waals surface area (Å²) in [7, 11) is 0. The number of anilines is 1. The predicted molar refractivity (Wildman–Crippen MR) is 74.6 cm³/mol. The summed E-state index contributed by atoms with van der Waals surface area (Å²) < 4.78 is 27.3. The zero-order valence-corrected chi connectivity index (χ0v) is 11.4. The molecule has 0 aliphatic carbocycles. The van der Waals surface area contributed by atoms with Gasteiger partial charge in [0.15, 0.2) is 11.6 Å². The standard InChI is InChI=1S/C15H11ClF2N2/c1-9(10-2-5-12(16)6-3-10)20-13-7-4-11(8-19)14(17)15(13)18/h2-7,9,20H,1H3. The Hall–Kier alpha value is -2.12. The highest BCUT2D eigenvalue weighted by Crippen LogP contribution is 2.25. The first-order valence-electron chi connectivity index (χ1n) is 5.93. The zero-order valence-electron chi connectivity index (χ0n) is 10.6. The molecule has 0 radical (unpaired) electrons. The van der Waals surface area contributed by atoms with Crippen molar-refractivity contribution in [2.45, 2.75) is 13.0 Å². The number of rotatable bonds is 3. The lowest BCUT2D eigenvalue weighted by Gasteiger charge is -2.16. The van der Waals surface area contributed by atoms with Crippen molar-refractivity contribution in [3.8, 4) is 6.07 Å². The fraction of sp³-hybridized carbons (Fsp3) is 0.133. The molecule has 2 rings (SSSR count). The number of halogens is 3. The van der Waals surface area contributed by atoms with Crippen molar-refractivity contribution in [1.29, 1.82) is 5.26 Å². The van der Waals surface area contributed by atoms with E-state index in [0.29, 0.717) is 5.02 Å². The first kappa shape index (κ1) is 14.3. The molecule has 5 heteroatoms. The van der Waals surface area contributed by atoms with E-state index in [1.807, 2.05) is 6.92 Å². The summed E-state index contributed by atoms with van der Waals surface area (Å²) >= 11 is 5.80. The number of nitrogens with one attached hydrogen (secondary N) is 1. The normalized spacial score (nSPS) is 11.8. The van der Waals surface area contributed by atoms with Gasteiger partial charge in [0.05, 0.1) is 11.3 Å². The summed E-state index contributed by atoms with van der Waals surface area (Å²) in [4.78, 5) is 0. The average Bonchev–Trinajstić information content (AvgIpc) is 2.45. The van der Waals surface area contributed by atoms with Gasteiger partial charge in [-0.25, -0.2) is 8.78 Å². The Kier molecular flexibility index (Phi) is 4.21. The molecule has 0 aromatic heterocycles. The van der Waals surface area contributed by atoms with Crippen molar-refractivity contribution in [3.63, 3.8) is 0 Å². The second-order valence-electron chi connectivity index (χ2n) is 4.32. The van der Waals surface area contributed by atoms with E-state index in [1.54, 1.807) is 30.3 Å². The van der Waals surface area contributed by atoms with Crippen molar-refractivity contribution in [2.24, 2.45) is 0 Å². The molecule has 20 heavy (non-hydrogen) atoms. The van der Waals surface area contributed by atoms with E-state index >= 15 is 0 Å². The molecule has 0 aliphatic heterocycles. The fourth-order valence-electron chi connectivity index (χ4n) is 1.82. The van der Waals surface area contributed by atoms with Gasteiger partial charge in [0.1, 0.15) is 6.07 Å². The molecule has 0 saturated carbocycles. The molecule has 1 N–H and O–H groups in total. The van der Waals surface area contributed by atoms with Crippen LogP contribution < -0.4 is 5.32 Å². The molecule has 0 amide bonds. The summed E-state index contributed by atoms with van der Waals surface area (Å²) in [5, 5.41) is 12.1. The highest BCUT2D eigenvalue weighted by Gasteiger charge is 2.15. The van der Waals surface area contributed by atoms with Crippen LogP contribution in [-0.4, -0.2) is 0 Å². The Bertz CT molecular complexity index is 663. The smallest absolute Gasteiger partial charge is 0.183 e. The van der Waals surface area contributed by atoms with Crippen molar-refractivity contribution in [3.05, 3.63) is 64.2 Å². The third kappa shape index (κ3) is 2.89. The van der Waals surface area contributed by atoms with Crippen LogP contribution in [0.3, 0.4) is 0 Å². The highest BCUT2D eigenvalue weighted by atomic mass is 35.5. The topological polar surface area (TPSA) is 35.8 Å². The Morgan fingerprint density at radius 1 is 1.10 bits per heavy atom. The van der Waals surface area contributed by atoms with Gasteiger partial charge in [-0.3, -0.25) is 0 Å². The Balaban J connectivity index is 2.24. The van der Waals surface area contributed by atoms with Crippen molar-refractivity contribution in [2.75, 3.05) is 5.32 Å². The Labute approximate surface area is 120 Å². The quantitative estimate of drug-likeness (QED) is 0.893. The zero-order chi connectivity index (χ0) is 14.7. The first-order chi connectivity index (χ1) is 9.52. The summed E-state index contributed by atoms with van der Waals surface area (Å²) in [6.07, 6.45) is 0. The van der Waals surface area contributed by atoms with Gasteiger partial charge in [-0.15, -0.1) is 0 Å². The van der Waals surface area contributed by atoms with E-state index in [1.165, 1.54) is 12.1 Å².